The minimum Gasteiger partial charge on any atom is -0.352 e. The number of rotatable bonds is 12. The van der Waals surface area contributed by atoms with Gasteiger partial charge >= 0.3 is 0 Å². The highest BCUT2D eigenvalue weighted by Gasteiger charge is 2.28. The van der Waals surface area contributed by atoms with E-state index in [0.717, 1.165) is 42.4 Å². The second kappa shape index (κ2) is 13.8. The average Bonchev–Trinajstić information content (AvgIpc) is 2.89. The number of anilines is 1. The van der Waals surface area contributed by atoms with Crippen molar-refractivity contribution in [1.29, 1.82) is 0 Å². The van der Waals surface area contributed by atoms with Gasteiger partial charge < -0.3 is 10.2 Å². The van der Waals surface area contributed by atoms with Gasteiger partial charge in [0, 0.05) is 25.6 Å². The van der Waals surface area contributed by atoms with Crippen molar-refractivity contribution in [2.45, 2.75) is 84.2 Å². The molecule has 1 aliphatic rings. The molecule has 1 atom stereocenters. The predicted molar refractivity (Wildman–Crippen MR) is 154 cm³/mol. The molecular formula is C30H43N3O4S. The Morgan fingerprint density at radius 2 is 1.66 bits per heavy atom. The molecule has 1 N–H and O–H groups in total. The maximum absolute atomic E-state index is 13.5. The maximum Gasteiger partial charge on any atom is 0.242 e. The van der Waals surface area contributed by atoms with E-state index in [1.807, 2.05) is 56.3 Å². The van der Waals surface area contributed by atoms with Crippen molar-refractivity contribution in [3.63, 3.8) is 0 Å². The van der Waals surface area contributed by atoms with Crippen LogP contribution in [0.3, 0.4) is 0 Å². The van der Waals surface area contributed by atoms with Crippen molar-refractivity contribution in [2.24, 2.45) is 0 Å². The number of carbonyl (C=O) groups excluding carboxylic acids is 2. The summed E-state index contributed by atoms with van der Waals surface area (Å²) < 4.78 is 26.6. The molecule has 1 saturated carbocycles. The van der Waals surface area contributed by atoms with E-state index in [-0.39, 0.29) is 30.8 Å². The van der Waals surface area contributed by atoms with E-state index in [0.29, 0.717) is 25.1 Å². The number of amides is 2. The lowest BCUT2D eigenvalue weighted by atomic mass is 9.95. The van der Waals surface area contributed by atoms with Crippen molar-refractivity contribution >= 4 is 27.5 Å². The zero-order valence-corrected chi connectivity index (χ0v) is 24.1. The van der Waals surface area contributed by atoms with Crippen LogP contribution in [-0.2, 0) is 26.0 Å². The van der Waals surface area contributed by atoms with Gasteiger partial charge in [-0.3, -0.25) is 13.9 Å². The fourth-order valence-corrected chi connectivity index (χ4v) is 6.14. The third-order valence-electron chi connectivity index (χ3n) is 7.60. The van der Waals surface area contributed by atoms with Crippen LogP contribution in [0.1, 0.15) is 68.6 Å². The van der Waals surface area contributed by atoms with Gasteiger partial charge in [-0.05, 0) is 69.2 Å². The molecule has 0 bridgehead atoms. The van der Waals surface area contributed by atoms with Gasteiger partial charge in [-0.25, -0.2) is 8.42 Å². The van der Waals surface area contributed by atoms with Crippen LogP contribution in [0.4, 0.5) is 5.69 Å². The van der Waals surface area contributed by atoms with Crippen molar-refractivity contribution in [3.8, 4) is 0 Å². The van der Waals surface area contributed by atoms with Crippen molar-refractivity contribution < 1.29 is 18.0 Å². The summed E-state index contributed by atoms with van der Waals surface area (Å²) in [4.78, 5) is 28.3. The second-order valence-electron chi connectivity index (χ2n) is 10.5. The Labute approximate surface area is 228 Å². The summed E-state index contributed by atoms with van der Waals surface area (Å²) in [5, 5.41) is 3.16. The molecule has 1 fully saturated rings. The monoisotopic (exact) mass is 541 g/mol. The molecular weight excluding hydrogens is 498 g/mol. The summed E-state index contributed by atoms with van der Waals surface area (Å²) in [6.07, 6.45) is 7.76. The number of carbonyl (C=O) groups is 2. The minimum atomic E-state index is -3.52. The van der Waals surface area contributed by atoms with Gasteiger partial charge in [0.05, 0.1) is 11.9 Å². The molecule has 1 aliphatic carbocycles. The first-order valence-corrected chi connectivity index (χ1v) is 15.6. The highest BCUT2D eigenvalue weighted by molar-refractivity contribution is 7.92. The normalized spacial score (nSPS) is 15.1. The molecule has 2 aromatic carbocycles. The standard InChI is InChI=1S/C30H43N3O4S/c1-23-13-11-18-28(24(23)2)33(38(4,36)37)21-12-19-29(34)32(22-20-26-14-7-5-8-15-26)25(3)30(35)31-27-16-9-6-10-17-27/h5,7-8,11,13-15,18,25,27H,6,9-10,12,16-17,19-22H2,1-4H3,(H,31,35)/t25-/m1/s1. The highest BCUT2D eigenvalue weighted by atomic mass is 32.2. The Hall–Kier alpha value is -2.87. The zero-order chi connectivity index (χ0) is 27.7. The van der Waals surface area contributed by atoms with Crippen LogP contribution in [0.2, 0.25) is 0 Å². The number of sulfonamides is 1. The average molecular weight is 542 g/mol. The Balaban J connectivity index is 1.69. The molecule has 8 heteroatoms. The van der Waals surface area contributed by atoms with Gasteiger partial charge in [-0.1, -0.05) is 61.7 Å². The van der Waals surface area contributed by atoms with E-state index < -0.39 is 16.1 Å². The zero-order valence-electron chi connectivity index (χ0n) is 23.3. The number of benzene rings is 2. The molecule has 0 saturated heterocycles. The van der Waals surface area contributed by atoms with Crippen LogP contribution in [0.15, 0.2) is 48.5 Å². The first-order chi connectivity index (χ1) is 18.1. The number of nitrogens with one attached hydrogen (secondary N) is 1. The van der Waals surface area contributed by atoms with Crippen LogP contribution in [0.25, 0.3) is 0 Å². The molecule has 7 nitrogen and oxygen atoms in total. The number of hydrogen-bond donors (Lipinski definition) is 1. The van der Waals surface area contributed by atoms with E-state index in [1.165, 1.54) is 17.0 Å². The molecule has 2 amide bonds. The molecule has 3 rings (SSSR count). The predicted octanol–water partition coefficient (Wildman–Crippen LogP) is 4.76. The second-order valence-corrected chi connectivity index (χ2v) is 12.4. The summed E-state index contributed by atoms with van der Waals surface area (Å²) in [6.45, 7) is 6.28. The number of aryl methyl sites for hydroxylation is 1. The summed E-state index contributed by atoms with van der Waals surface area (Å²) in [5.41, 5.74) is 3.66. The summed E-state index contributed by atoms with van der Waals surface area (Å²) >= 11 is 0. The van der Waals surface area contributed by atoms with Crippen LogP contribution in [0.5, 0.6) is 0 Å². The Bertz CT molecular complexity index is 1180. The Morgan fingerprint density at radius 3 is 2.32 bits per heavy atom. The molecule has 0 unspecified atom stereocenters. The third kappa shape index (κ3) is 8.32. The van der Waals surface area contributed by atoms with Crippen LogP contribution in [-0.4, -0.2) is 56.6 Å². The third-order valence-corrected chi connectivity index (χ3v) is 8.78. The fourth-order valence-electron chi connectivity index (χ4n) is 5.13. The maximum atomic E-state index is 13.5. The molecule has 0 spiro atoms. The van der Waals surface area contributed by atoms with Crippen molar-refractivity contribution in [1.82, 2.24) is 10.2 Å². The van der Waals surface area contributed by atoms with Gasteiger partial charge in [0.15, 0.2) is 0 Å². The topological polar surface area (TPSA) is 86.8 Å². The fraction of sp³-hybridized carbons (Fsp3) is 0.533. The van der Waals surface area contributed by atoms with Crippen LogP contribution < -0.4 is 9.62 Å². The molecule has 0 heterocycles. The molecule has 208 valence electrons. The lowest BCUT2D eigenvalue weighted by Gasteiger charge is -2.31. The van der Waals surface area contributed by atoms with Gasteiger partial charge in [0.2, 0.25) is 21.8 Å². The molecule has 0 aliphatic heterocycles. The molecule has 2 aromatic rings. The lowest BCUT2D eigenvalue weighted by Crippen LogP contribution is -2.51. The molecule has 0 radical (unpaired) electrons. The van der Waals surface area contributed by atoms with Gasteiger partial charge in [-0.15, -0.1) is 0 Å². The van der Waals surface area contributed by atoms with E-state index in [4.69, 9.17) is 0 Å². The minimum absolute atomic E-state index is 0.119. The number of hydrogen-bond acceptors (Lipinski definition) is 4. The highest BCUT2D eigenvalue weighted by Crippen LogP contribution is 2.25. The quantitative estimate of drug-likeness (QED) is 0.420. The van der Waals surface area contributed by atoms with Crippen LogP contribution in [0, 0.1) is 13.8 Å². The first kappa shape index (κ1) is 29.7. The first-order valence-electron chi connectivity index (χ1n) is 13.8. The van der Waals surface area contributed by atoms with Crippen molar-refractivity contribution in [3.05, 3.63) is 65.2 Å². The van der Waals surface area contributed by atoms with Gasteiger partial charge in [0.25, 0.3) is 0 Å². The smallest absolute Gasteiger partial charge is 0.242 e. The van der Waals surface area contributed by atoms with E-state index >= 15 is 0 Å². The van der Waals surface area contributed by atoms with Crippen molar-refractivity contribution in [2.75, 3.05) is 23.7 Å². The van der Waals surface area contributed by atoms with E-state index in [2.05, 4.69) is 5.32 Å². The Morgan fingerprint density at radius 1 is 0.974 bits per heavy atom. The molecule has 38 heavy (non-hydrogen) atoms. The van der Waals surface area contributed by atoms with Crippen LogP contribution >= 0.6 is 0 Å². The van der Waals surface area contributed by atoms with E-state index in [1.54, 1.807) is 17.9 Å². The SMILES string of the molecule is Cc1cccc(N(CCCC(=O)N(CCc2ccccc2)[C@H](C)C(=O)NC2CCCCC2)S(C)(=O)=O)c1C. The molecule has 0 aromatic heterocycles. The van der Waals surface area contributed by atoms with E-state index in [9.17, 15) is 18.0 Å². The summed E-state index contributed by atoms with van der Waals surface area (Å²) in [6, 6.07) is 15.1. The Kier molecular flexibility index (Phi) is 10.8. The number of nitrogens with zero attached hydrogens (tertiary/aromatic N) is 2. The van der Waals surface area contributed by atoms with Gasteiger partial charge in [-0.2, -0.15) is 0 Å². The summed E-state index contributed by atoms with van der Waals surface area (Å²) in [5.74, 6) is -0.256. The largest absolute Gasteiger partial charge is 0.352 e. The van der Waals surface area contributed by atoms with Gasteiger partial charge in [0.1, 0.15) is 6.04 Å². The summed E-state index contributed by atoms with van der Waals surface area (Å²) in [7, 11) is -3.52. The lowest BCUT2D eigenvalue weighted by molar-refractivity contribution is -0.140.